The van der Waals surface area contributed by atoms with Gasteiger partial charge in [-0.25, -0.2) is 0 Å². The molecule has 1 atom stereocenters. The molecule has 2 aromatic carbocycles. The van der Waals surface area contributed by atoms with Crippen LogP contribution in [0.3, 0.4) is 0 Å². The minimum Gasteiger partial charge on any atom is -0.324 e. The Kier molecular flexibility index (Phi) is 5.06. The first-order valence-electron chi connectivity index (χ1n) is 5.51. The van der Waals surface area contributed by atoms with Crippen molar-refractivity contribution < 1.29 is 0 Å². The van der Waals surface area contributed by atoms with Gasteiger partial charge in [0.15, 0.2) is 0 Å². The first kappa shape index (κ1) is 14.3. The Labute approximate surface area is 134 Å². The molecule has 0 saturated heterocycles. The summed E-state index contributed by atoms with van der Waals surface area (Å²) in [5.74, 6) is 0. The predicted octanol–water partition coefficient (Wildman–Crippen LogP) is 4.95. The monoisotopic (exact) mass is 435 g/mol. The predicted molar refractivity (Wildman–Crippen MR) is 88.9 cm³/mol. The molecule has 0 aromatic heterocycles. The normalized spacial score (nSPS) is 12.4. The Morgan fingerprint density at radius 1 is 1.22 bits per heavy atom. The van der Waals surface area contributed by atoms with Crippen LogP contribution in [0.25, 0.3) is 0 Å². The van der Waals surface area contributed by atoms with Gasteiger partial charge < -0.3 is 5.73 Å². The zero-order valence-electron chi connectivity index (χ0n) is 9.54. The molecular formula is C14H12BrClIN. The maximum Gasteiger partial charge on any atom is 0.0408 e. The number of hydrogen-bond acceptors (Lipinski definition) is 1. The average Bonchev–Trinajstić information content (AvgIpc) is 2.32. The summed E-state index contributed by atoms with van der Waals surface area (Å²) < 4.78 is 2.24. The van der Waals surface area contributed by atoms with Gasteiger partial charge in [-0.3, -0.25) is 0 Å². The highest BCUT2D eigenvalue weighted by Crippen LogP contribution is 2.25. The molecule has 0 fully saturated rings. The molecule has 0 amide bonds. The Balaban J connectivity index is 2.21. The average molecular weight is 437 g/mol. The number of rotatable bonds is 3. The summed E-state index contributed by atoms with van der Waals surface area (Å²) in [5.41, 5.74) is 8.59. The summed E-state index contributed by atoms with van der Waals surface area (Å²) in [4.78, 5) is 0. The molecule has 18 heavy (non-hydrogen) atoms. The second kappa shape index (κ2) is 6.37. The van der Waals surface area contributed by atoms with Crippen LogP contribution in [0.5, 0.6) is 0 Å². The van der Waals surface area contributed by atoms with E-state index in [0.29, 0.717) is 0 Å². The van der Waals surface area contributed by atoms with Crippen LogP contribution in [0.2, 0.25) is 5.02 Å². The Morgan fingerprint density at radius 3 is 2.72 bits per heavy atom. The first-order valence-corrected chi connectivity index (χ1v) is 7.76. The van der Waals surface area contributed by atoms with Crippen molar-refractivity contribution in [3.63, 3.8) is 0 Å². The molecule has 0 aliphatic rings. The van der Waals surface area contributed by atoms with E-state index in [1.807, 2.05) is 24.3 Å². The highest BCUT2D eigenvalue weighted by atomic mass is 127. The van der Waals surface area contributed by atoms with Gasteiger partial charge in [0, 0.05) is 19.1 Å². The molecule has 0 heterocycles. The van der Waals surface area contributed by atoms with Crippen LogP contribution < -0.4 is 5.73 Å². The third-order valence-corrected chi connectivity index (χ3v) is 4.41. The van der Waals surface area contributed by atoms with E-state index in [9.17, 15) is 0 Å². The standard InChI is InChI=1S/C14H12BrClIN/c15-10-4-5-13(17)12(8-10)14(18)7-9-2-1-3-11(16)6-9/h1-6,8,14H,7,18H2. The van der Waals surface area contributed by atoms with E-state index < -0.39 is 0 Å². The summed E-state index contributed by atoms with van der Waals surface area (Å²) in [5, 5.41) is 0.753. The zero-order valence-corrected chi connectivity index (χ0v) is 14.0. The molecular weight excluding hydrogens is 424 g/mol. The van der Waals surface area contributed by atoms with Crippen LogP contribution in [0.15, 0.2) is 46.9 Å². The minimum absolute atomic E-state index is 0.0205. The maximum atomic E-state index is 6.28. The third kappa shape index (κ3) is 3.70. The molecule has 4 heteroatoms. The van der Waals surface area contributed by atoms with Crippen LogP contribution in [0.4, 0.5) is 0 Å². The van der Waals surface area contributed by atoms with Crippen molar-refractivity contribution in [2.24, 2.45) is 5.73 Å². The lowest BCUT2D eigenvalue weighted by molar-refractivity contribution is 0.717. The van der Waals surface area contributed by atoms with Gasteiger partial charge >= 0.3 is 0 Å². The van der Waals surface area contributed by atoms with Crippen molar-refractivity contribution in [3.8, 4) is 0 Å². The van der Waals surface area contributed by atoms with Crippen molar-refractivity contribution in [2.75, 3.05) is 0 Å². The zero-order chi connectivity index (χ0) is 13.1. The van der Waals surface area contributed by atoms with E-state index in [4.69, 9.17) is 17.3 Å². The Hall–Kier alpha value is -0.100. The number of halogens is 3. The summed E-state index contributed by atoms with van der Waals surface area (Å²) in [6.45, 7) is 0. The van der Waals surface area contributed by atoms with Crippen molar-refractivity contribution in [2.45, 2.75) is 12.5 Å². The maximum absolute atomic E-state index is 6.28. The van der Waals surface area contributed by atoms with Gasteiger partial charge in [0.05, 0.1) is 0 Å². The van der Waals surface area contributed by atoms with Crippen LogP contribution in [-0.2, 0) is 6.42 Å². The van der Waals surface area contributed by atoms with Gasteiger partial charge in [-0.1, -0.05) is 39.7 Å². The van der Waals surface area contributed by atoms with E-state index in [1.54, 1.807) is 0 Å². The lowest BCUT2D eigenvalue weighted by Crippen LogP contribution is -2.14. The molecule has 1 unspecified atom stereocenters. The molecule has 2 rings (SSSR count). The third-order valence-electron chi connectivity index (χ3n) is 2.70. The topological polar surface area (TPSA) is 26.0 Å². The van der Waals surface area contributed by atoms with Crippen LogP contribution in [-0.4, -0.2) is 0 Å². The van der Waals surface area contributed by atoms with Gasteiger partial charge in [-0.05, 0) is 70.5 Å². The van der Waals surface area contributed by atoms with E-state index in [0.717, 1.165) is 27.0 Å². The van der Waals surface area contributed by atoms with E-state index >= 15 is 0 Å². The second-order valence-electron chi connectivity index (χ2n) is 4.11. The highest BCUT2D eigenvalue weighted by molar-refractivity contribution is 14.1. The van der Waals surface area contributed by atoms with Gasteiger partial charge in [-0.15, -0.1) is 0 Å². The lowest BCUT2D eigenvalue weighted by atomic mass is 10.00. The van der Waals surface area contributed by atoms with Crippen molar-refractivity contribution >= 4 is 50.1 Å². The van der Waals surface area contributed by atoms with Gasteiger partial charge in [0.25, 0.3) is 0 Å². The molecule has 0 saturated carbocycles. The van der Waals surface area contributed by atoms with Gasteiger partial charge in [0.1, 0.15) is 0 Å². The second-order valence-corrected chi connectivity index (χ2v) is 6.62. The van der Waals surface area contributed by atoms with Gasteiger partial charge in [-0.2, -0.15) is 0 Å². The van der Waals surface area contributed by atoms with Crippen LogP contribution in [0, 0.1) is 3.57 Å². The Morgan fingerprint density at radius 2 is 2.00 bits per heavy atom. The van der Waals surface area contributed by atoms with Crippen LogP contribution in [0.1, 0.15) is 17.2 Å². The largest absolute Gasteiger partial charge is 0.324 e. The minimum atomic E-state index is -0.0205. The van der Waals surface area contributed by atoms with Gasteiger partial charge in [0.2, 0.25) is 0 Å². The molecule has 1 nitrogen and oxygen atoms in total. The van der Waals surface area contributed by atoms with Crippen molar-refractivity contribution in [3.05, 3.63) is 66.7 Å². The molecule has 94 valence electrons. The van der Waals surface area contributed by atoms with Crippen LogP contribution >= 0.6 is 50.1 Å². The number of nitrogens with two attached hydrogens (primary N) is 1. The van der Waals surface area contributed by atoms with E-state index in [2.05, 4.69) is 56.7 Å². The lowest BCUT2D eigenvalue weighted by Gasteiger charge is -2.14. The van der Waals surface area contributed by atoms with E-state index in [-0.39, 0.29) is 6.04 Å². The van der Waals surface area contributed by atoms with Crippen molar-refractivity contribution in [1.29, 1.82) is 0 Å². The molecule has 2 aromatic rings. The van der Waals surface area contributed by atoms with E-state index in [1.165, 1.54) is 3.57 Å². The number of hydrogen-bond donors (Lipinski definition) is 1. The quantitative estimate of drug-likeness (QED) is 0.677. The summed E-state index contributed by atoms with van der Waals surface area (Å²) in [6.07, 6.45) is 0.785. The fraction of sp³-hybridized carbons (Fsp3) is 0.143. The fourth-order valence-corrected chi connectivity index (χ4v) is 3.15. The fourth-order valence-electron chi connectivity index (χ4n) is 1.83. The SMILES string of the molecule is NC(Cc1cccc(Cl)c1)c1cc(Br)ccc1I. The molecule has 0 aliphatic heterocycles. The molecule has 0 aliphatic carbocycles. The smallest absolute Gasteiger partial charge is 0.0408 e. The number of benzene rings is 2. The molecule has 2 N–H and O–H groups in total. The molecule has 0 bridgehead atoms. The summed E-state index contributed by atoms with van der Waals surface area (Å²) in [6, 6.07) is 14.0. The summed E-state index contributed by atoms with van der Waals surface area (Å²) >= 11 is 11.8. The molecule has 0 spiro atoms. The van der Waals surface area contributed by atoms with Crippen molar-refractivity contribution in [1.82, 2.24) is 0 Å². The first-order chi connectivity index (χ1) is 8.56. The molecule has 0 radical (unpaired) electrons. The highest BCUT2D eigenvalue weighted by Gasteiger charge is 2.11. The summed E-state index contributed by atoms with van der Waals surface area (Å²) in [7, 11) is 0. The Bertz CT molecular complexity index is 559.